The average Bonchev–Trinajstić information content (AvgIpc) is 2.29. The van der Waals surface area contributed by atoms with Crippen LogP contribution in [0.5, 0.6) is 0 Å². The van der Waals surface area contributed by atoms with Crippen molar-refractivity contribution in [1.29, 1.82) is 5.26 Å². The first-order valence-corrected chi connectivity index (χ1v) is 5.00. The molecule has 0 aromatic carbocycles. The van der Waals surface area contributed by atoms with E-state index >= 15 is 0 Å². The Morgan fingerprint density at radius 1 is 1.56 bits per heavy atom. The molecule has 0 saturated carbocycles. The fraction of sp³-hybridized carbons (Fsp3) is 0.455. The van der Waals surface area contributed by atoms with Gasteiger partial charge in [-0.25, -0.2) is 4.98 Å². The third-order valence-corrected chi connectivity index (χ3v) is 2.13. The van der Waals surface area contributed by atoms with E-state index in [-0.39, 0.29) is 0 Å². The molecule has 1 aromatic heterocycles. The smallest absolute Gasteiger partial charge is 0.214 e. The Balaban J connectivity index is 2.70. The molecule has 0 aliphatic rings. The minimum Gasteiger partial charge on any atom is -0.383 e. The van der Waals surface area contributed by atoms with Crippen LogP contribution in [-0.4, -0.2) is 31.8 Å². The lowest BCUT2D eigenvalue weighted by Crippen LogP contribution is -2.28. The van der Waals surface area contributed by atoms with Gasteiger partial charge >= 0.3 is 0 Å². The predicted molar refractivity (Wildman–Crippen MR) is 58.5 cm³/mol. The van der Waals surface area contributed by atoms with Crippen LogP contribution < -0.4 is 4.90 Å². The summed E-state index contributed by atoms with van der Waals surface area (Å²) in [6.07, 6.45) is 1.81. The Hall–Kier alpha value is -1.67. The Kier molecular flexibility index (Phi) is 5.23. The highest BCUT2D eigenvalue weighted by atomic mass is 19.1. The second-order valence-electron chi connectivity index (χ2n) is 3.22. The predicted octanol–water partition coefficient (Wildman–Crippen LogP) is 1.59. The van der Waals surface area contributed by atoms with Gasteiger partial charge in [0.05, 0.1) is 19.1 Å². The van der Waals surface area contributed by atoms with Crippen LogP contribution in [0, 0.1) is 17.3 Å². The first-order valence-electron chi connectivity index (χ1n) is 5.00. The number of aromatic nitrogens is 1. The highest BCUT2D eigenvalue weighted by Gasteiger charge is 2.06. The zero-order chi connectivity index (χ0) is 11.8. The van der Waals surface area contributed by atoms with Crippen LogP contribution in [0.2, 0.25) is 0 Å². The zero-order valence-corrected chi connectivity index (χ0v) is 9.19. The van der Waals surface area contributed by atoms with Gasteiger partial charge in [0.2, 0.25) is 5.95 Å². The van der Waals surface area contributed by atoms with Crippen molar-refractivity contribution in [3.63, 3.8) is 0 Å². The van der Waals surface area contributed by atoms with Crippen LogP contribution in [-0.2, 0) is 4.74 Å². The maximum Gasteiger partial charge on any atom is 0.214 e. The van der Waals surface area contributed by atoms with Crippen molar-refractivity contribution in [3.8, 4) is 6.07 Å². The van der Waals surface area contributed by atoms with Crippen LogP contribution in [0.3, 0.4) is 0 Å². The summed E-state index contributed by atoms with van der Waals surface area (Å²) in [5.74, 6) is -0.517. The third-order valence-electron chi connectivity index (χ3n) is 2.13. The van der Waals surface area contributed by atoms with Crippen LogP contribution in [0.1, 0.15) is 6.42 Å². The molecule has 0 atom stereocenters. The lowest BCUT2D eigenvalue weighted by molar-refractivity contribution is 0.205. The Labute approximate surface area is 94.3 Å². The fourth-order valence-corrected chi connectivity index (χ4v) is 1.35. The molecule has 0 amide bonds. The third kappa shape index (κ3) is 3.83. The first-order chi connectivity index (χ1) is 7.77. The first kappa shape index (κ1) is 12.4. The van der Waals surface area contributed by atoms with E-state index in [1.807, 2.05) is 4.90 Å². The molecule has 0 N–H and O–H groups in total. The van der Waals surface area contributed by atoms with Crippen molar-refractivity contribution in [1.82, 2.24) is 4.98 Å². The Bertz CT molecular complexity index is 364. The molecular formula is C11H14FN3O. The molecular weight excluding hydrogens is 209 g/mol. The number of halogens is 1. The van der Waals surface area contributed by atoms with Gasteiger partial charge in [0, 0.05) is 38.1 Å². The molecule has 16 heavy (non-hydrogen) atoms. The molecule has 0 unspecified atom stereocenters. The van der Waals surface area contributed by atoms with Crippen molar-refractivity contribution in [2.24, 2.45) is 0 Å². The quantitative estimate of drug-likeness (QED) is 0.687. The number of methoxy groups -OCH3 is 1. The van der Waals surface area contributed by atoms with Crippen molar-refractivity contribution < 1.29 is 9.13 Å². The summed E-state index contributed by atoms with van der Waals surface area (Å²) in [4.78, 5) is 5.39. The minimum atomic E-state index is -0.517. The van der Waals surface area contributed by atoms with Gasteiger partial charge in [-0.1, -0.05) is 0 Å². The van der Waals surface area contributed by atoms with E-state index in [4.69, 9.17) is 10.00 Å². The van der Waals surface area contributed by atoms with E-state index in [0.29, 0.717) is 26.1 Å². The fourth-order valence-electron chi connectivity index (χ4n) is 1.35. The van der Waals surface area contributed by atoms with E-state index in [2.05, 4.69) is 11.1 Å². The molecule has 1 aromatic rings. The zero-order valence-electron chi connectivity index (χ0n) is 9.19. The maximum absolute atomic E-state index is 12.9. The van der Waals surface area contributed by atoms with Gasteiger partial charge in [-0.3, -0.25) is 0 Å². The molecule has 4 nitrogen and oxygen atoms in total. The van der Waals surface area contributed by atoms with E-state index in [0.717, 1.165) is 5.69 Å². The number of nitriles is 1. The SMILES string of the molecule is COCCN(CCC#N)c1ccnc(F)c1. The normalized spacial score (nSPS) is 9.81. The number of ether oxygens (including phenoxy) is 1. The summed E-state index contributed by atoms with van der Waals surface area (Å²) in [5, 5.41) is 8.55. The van der Waals surface area contributed by atoms with Crippen LogP contribution >= 0.6 is 0 Å². The van der Waals surface area contributed by atoms with Gasteiger partial charge in [-0.15, -0.1) is 0 Å². The van der Waals surface area contributed by atoms with Crippen LogP contribution in [0.15, 0.2) is 18.3 Å². The molecule has 5 heteroatoms. The summed E-state index contributed by atoms with van der Waals surface area (Å²) in [5.41, 5.74) is 0.722. The Morgan fingerprint density at radius 2 is 2.38 bits per heavy atom. The van der Waals surface area contributed by atoms with Gasteiger partial charge in [0.1, 0.15) is 0 Å². The van der Waals surface area contributed by atoms with E-state index in [1.165, 1.54) is 12.3 Å². The number of anilines is 1. The van der Waals surface area contributed by atoms with E-state index in [9.17, 15) is 4.39 Å². The van der Waals surface area contributed by atoms with Crippen molar-refractivity contribution >= 4 is 5.69 Å². The Morgan fingerprint density at radius 3 is 3.00 bits per heavy atom. The number of hydrogen-bond donors (Lipinski definition) is 0. The molecule has 1 rings (SSSR count). The molecule has 0 radical (unpaired) electrons. The van der Waals surface area contributed by atoms with Gasteiger partial charge in [0.25, 0.3) is 0 Å². The summed E-state index contributed by atoms with van der Waals surface area (Å²) in [7, 11) is 1.61. The summed E-state index contributed by atoms with van der Waals surface area (Å²) < 4.78 is 17.9. The summed E-state index contributed by atoms with van der Waals surface area (Å²) in [6.45, 7) is 1.72. The standard InChI is InChI=1S/C11H14FN3O/c1-16-8-7-15(6-2-4-13)10-3-5-14-11(12)9-10/h3,5,9H,2,6-8H2,1H3. The van der Waals surface area contributed by atoms with Gasteiger partial charge in [0.15, 0.2) is 0 Å². The molecule has 1 heterocycles. The summed E-state index contributed by atoms with van der Waals surface area (Å²) in [6, 6.07) is 5.14. The molecule has 0 saturated heterocycles. The molecule has 0 fully saturated rings. The highest BCUT2D eigenvalue weighted by molar-refractivity contribution is 5.44. The topological polar surface area (TPSA) is 49.1 Å². The largest absolute Gasteiger partial charge is 0.383 e. The van der Waals surface area contributed by atoms with Crippen molar-refractivity contribution in [3.05, 3.63) is 24.3 Å². The van der Waals surface area contributed by atoms with E-state index < -0.39 is 5.95 Å². The molecule has 86 valence electrons. The lowest BCUT2D eigenvalue weighted by Gasteiger charge is -2.23. The number of rotatable bonds is 6. The minimum absolute atomic E-state index is 0.396. The second kappa shape index (κ2) is 6.75. The molecule has 0 bridgehead atoms. The number of nitrogens with zero attached hydrogens (tertiary/aromatic N) is 3. The molecule has 0 spiro atoms. The molecule has 0 aliphatic carbocycles. The number of hydrogen-bond acceptors (Lipinski definition) is 4. The van der Waals surface area contributed by atoms with E-state index in [1.54, 1.807) is 13.2 Å². The molecule has 0 aliphatic heterocycles. The highest BCUT2D eigenvalue weighted by Crippen LogP contribution is 2.13. The number of pyridine rings is 1. The van der Waals surface area contributed by atoms with Crippen LogP contribution in [0.4, 0.5) is 10.1 Å². The van der Waals surface area contributed by atoms with Gasteiger partial charge in [-0.2, -0.15) is 9.65 Å². The lowest BCUT2D eigenvalue weighted by atomic mass is 10.3. The average molecular weight is 223 g/mol. The summed E-state index contributed by atoms with van der Waals surface area (Å²) >= 11 is 0. The second-order valence-corrected chi connectivity index (χ2v) is 3.22. The van der Waals surface area contributed by atoms with Gasteiger partial charge < -0.3 is 9.64 Å². The van der Waals surface area contributed by atoms with Crippen molar-refractivity contribution in [2.45, 2.75) is 6.42 Å². The van der Waals surface area contributed by atoms with Gasteiger partial charge in [-0.05, 0) is 6.07 Å². The van der Waals surface area contributed by atoms with Crippen LogP contribution in [0.25, 0.3) is 0 Å². The maximum atomic E-state index is 12.9. The monoisotopic (exact) mass is 223 g/mol. The van der Waals surface area contributed by atoms with Crippen molar-refractivity contribution in [2.75, 3.05) is 31.7 Å².